The van der Waals surface area contributed by atoms with Crippen molar-refractivity contribution in [2.75, 3.05) is 26.2 Å². The lowest BCUT2D eigenvalue weighted by molar-refractivity contribution is -0.384. The van der Waals surface area contributed by atoms with Crippen molar-refractivity contribution in [1.82, 2.24) is 10.2 Å². The van der Waals surface area contributed by atoms with Gasteiger partial charge in [0.2, 0.25) is 0 Å². The Bertz CT molecular complexity index is 486. The Balaban J connectivity index is 2.28. The number of hydrogen-bond donors (Lipinski definition) is 1. The molecule has 2 rings (SSSR count). The summed E-state index contributed by atoms with van der Waals surface area (Å²) in [6, 6.07) is 2.98. The molecule has 1 saturated heterocycles. The number of rotatable bonds is 2. The third kappa shape index (κ3) is 2.45. The van der Waals surface area contributed by atoms with Crippen LogP contribution in [0.1, 0.15) is 10.4 Å². The molecule has 1 aromatic rings. The van der Waals surface area contributed by atoms with Gasteiger partial charge in [-0.1, -0.05) is 0 Å². The number of piperazine rings is 1. The number of nitrogens with zero attached hydrogens (tertiary/aromatic N) is 2. The molecule has 0 atom stereocenters. The first kappa shape index (κ1) is 12.4. The topological polar surface area (TPSA) is 75.5 Å². The Kier molecular flexibility index (Phi) is 3.52. The second kappa shape index (κ2) is 5.09. The molecule has 0 aromatic heterocycles. The van der Waals surface area contributed by atoms with E-state index >= 15 is 0 Å². The van der Waals surface area contributed by atoms with Crippen molar-refractivity contribution in [2.45, 2.75) is 0 Å². The molecule has 0 saturated carbocycles. The number of non-ortho nitro benzene ring substituents is 1. The highest BCUT2D eigenvalue weighted by atomic mass is 19.1. The van der Waals surface area contributed by atoms with E-state index in [1.165, 1.54) is 4.90 Å². The molecule has 7 heteroatoms. The zero-order valence-electron chi connectivity index (χ0n) is 9.56. The molecule has 0 radical (unpaired) electrons. The summed E-state index contributed by atoms with van der Waals surface area (Å²) in [5.74, 6) is -1.23. The molecule has 1 amide bonds. The smallest absolute Gasteiger partial charge is 0.270 e. The first-order valence-corrected chi connectivity index (χ1v) is 5.53. The van der Waals surface area contributed by atoms with Crippen molar-refractivity contribution in [2.24, 2.45) is 0 Å². The fourth-order valence-corrected chi connectivity index (χ4v) is 1.83. The van der Waals surface area contributed by atoms with Gasteiger partial charge in [0, 0.05) is 38.3 Å². The maximum atomic E-state index is 13.6. The molecule has 0 spiro atoms. The van der Waals surface area contributed by atoms with E-state index in [9.17, 15) is 19.3 Å². The number of carbonyl (C=O) groups is 1. The first-order valence-electron chi connectivity index (χ1n) is 5.53. The number of carbonyl (C=O) groups excluding carboxylic acids is 1. The highest BCUT2D eigenvalue weighted by molar-refractivity contribution is 5.95. The number of amides is 1. The SMILES string of the molecule is O=C(c1cc([N+](=O)[O-])ccc1F)N1CCNCC1. The van der Waals surface area contributed by atoms with Gasteiger partial charge < -0.3 is 10.2 Å². The van der Waals surface area contributed by atoms with Gasteiger partial charge in [0.25, 0.3) is 11.6 Å². The van der Waals surface area contributed by atoms with Crippen LogP contribution >= 0.6 is 0 Å². The molecule has 0 unspecified atom stereocenters. The van der Waals surface area contributed by atoms with Crippen molar-refractivity contribution in [3.63, 3.8) is 0 Å². The van der Waals surface area contributed by atoms with Gasteiger partial charge in [-0.15, -0.1) is 0 Å². The molecule has 0 aliphatic carbocycles. The van der Waals surface area contributed by atoms with Crippen LogP contribution in [0.4, 0.5) is 10.1 Å². The minimum atomic E-state index is -0.732. The summed E-state index contributed by atoms with van der Waals surface area (Å²) in [5.41, 5.74) is -0.527. The second-order valence-electron chi connectivity index (χ2n) is 3.96. The second-order valence-corrected chi connectivity index (χ2v) is 3.96. The van der Waals surface area contributed by atoms with Crippen LogP contribution in [0.15, 0.2) is 18.2 Å². The Morgan fingerprint density at radius 3 is 2.67 bits per heavy atom. The van der Waals surface area contributed by atoms with Crippen LogP contribution in [0.25, 0.3) is 0 Å². The molecular formula is C11H12FN3O3. The summed E-state index contributed by atoms with van der Waals surface area (Å²) in [7, 11) is 0. The Hall–Kier alpha value is -2.02. The lowest BCUT2D eigenvalue weighted by atomic mass is 10.1. The Morgan fingerprint density at radius 2 is 2.06 bits per heavy atom. The molecule has 1 N–H and O–H groups in total. The van der Waals surface area contributed by atoms with Gasteiger partial charge in [-0.25, -0.2) is 4.39 Å². The largest absolute Gasteiger partial charge is 0.336 e. The number of hydrogen-bond acceptors (Lipinski definition) is 4. The quantitative estimate of drug-likeness (QED) is 0.624. The van der Waals surface area contributed by atoms with Crippen molar-refractivity contribution < 1.29 is 14.1 Å². The average Bonchev–Trinajstić information content (AvgIpc) is 2.39. The van der Waals surface area contributed by atoms with E-state index in [2.05, 4.69) is 5.32 Å². The third-order valence-electron chi connectivity index (χ3n) is 2.80. The minimum absolute atomic E-state index is 0.244. The number of benzene rings is 1. The highest BCUT2D eigenvalue weighted by Crippen LogP contribution is 2.18. The molecule has 1 heterocycles. The summed E-state index contributed by atoms with van der Waals surface area (Å²) in [4.78, 5) is 23.5. The van der Waals surface area contributed by atoms with Crippen LogP contribution in [0, 0.1) is 15.9 Å². The fraction of sp³-hybridized carbons (Fsp3) is 0.364. The van der Waals surface area contributed by atoms with E-state index < -0.39 is 16.6 Å². The van der Waals surface area contributed by atoms with Crippen LogP contribution in [0.2, 0.25) is 0 Å². The molecule has 96 valence electrons. The Morgan fingerprint density at radius 1 is 1.39 bits per heavy atom. The molecule has 1 fully saturated rings. The van der Waals surface area contributed by atoms with Crippen molar-refractivity contribution >= 4 is 11.6 Å². The molecule has 6 nitrogen and oxygen atoms in total. The molecule has 1 aliphatic heterocycles. The van der Waals surface area contributed by atoms with Gasteiger partial charge in [0.1, 0.15) is 5.82 Å². The normalized spacial score (nSPS) is 15.5. The summed E-state index contributed by atoms with van der Waals surface area (Å²) in [6.45, 7) is 2.23. The molecule has 0 bridgehead atoms. The van der Waals surface area contributed by atoms with Gasteiger partial charge in [-0.3, -0.25) is 14.9 Å². The maximum absolute atomic E-state index is 13.6. The van der Waals surface area contributed by atoms with Gasteiger partial charge in [-0.05, 0) is 6.07 Å². The minimum Gasteiger partial charge on any atom is -0.336 e. The first-order chi connectivity index (χ1) is 8.59. The van der Waals surface area contributed by atoms with Gasteiger partial charge >= 0.3 is 0 Å². The highest BCUT2D eigenvalue weighted by Gasteiger charge is 2.23. The molecular weight excluding hydrogens is 241 g/mol. The van der Waals surface area contributed by atoms with E-state index in [-0.39, 0.29) is 11.3 Å². The van der Waals surface area contributed by atoms with Gasteiger partial charge in [0.05, 0.1) is 10.5 Å². The number of nitro groups is 1. The average molecular weight is 253 g/mol. The Labute approximate surface area is 103 Å². The lowest BCUT2D eigenvalue weighted by Crippen LogP contribution is -2.46. The van der Waals surface area contributed by atoms with E-state index in [0.29, 0.717) is 26.2 Å². The maximum Gasteiger partial charge on any atom is 0.270 e. The van der Waals surface area contributed by atoms with Gasteiger partial charge in [-0.2, -0.15) is 0 Å². The van der Waals surface area contributed by atoms with E-state index in [1.54, 1.807) is 0 Å². The third-order valence-corrected chi connectivity index (χ3v) is 2.80. The lowest BCUT2D eigenvalue weighted by Gasteiger charge is -2.27. The van der Waals surface area contributed by atoms with Gasteiger partial charge in [0.15, 0.2) is 0 Å². The van der Waals surface area contributed by atoms with Crippen LogP contribution in [-0.2, 0) is 0 Å². The summed E-state index contributed by atoms with van der Waals surface area (Å²) < 4.78 is 13.6. The van der Waals surface area contributed by atoms with Crippen molar-refractivity contribution in [3.05, 3.63) is 39.7 Å². The zero-order chi connectivity index (χ0) is 13.1. The number of halogens is 1. The monoisotopic (exact) mass is 253 g/mol. The molecule has 18 heavy (non-hydrogen) atoms. The van der Waals surface area contributed by atoms with Crippen molar-refractivity contribution in [1.29, 1.82) is 0 Å². The van der Waals surface area contributed by atoms with Crippen LogP contribution < -0.4 is 5.32 Å². The molecule has 1 aliphatic rings. The summed E-state index contributed by atoms with van der Waals surface area (Å²) in [5, 5.41) is 13.7. The predicted molar refractivity (Wildman–Crippen MR) is 61.8 cm³/mol. The summed E-state index contributed by atoms with van der Waals surface area (Å²) in [6.07, 6.45) is 0. The summed E-state index contributed by atoms with van der Waals surface area (Å²) >= 11 is 0. The van der Waals surface area contributed by atoms with E-state index in [0.717, 1.165) is 18.2 Å². The van der Waals surface area contributed by atoms with Crippen LogP contribution in [0.5, 0.6) is 0 Å². The standard InChI is InChI=1S/C11H12FN3O3/c12-10-2-1-8(15(17)18)7-9(10)11(16)14-5-3-13-4-6-14/h1-2,7,13H,3-6H2. The van der Waals surface area contributed by atoms with E-state index in [1.807, 2.05) is 0 Å². The van der Waals surface area contributed by atoms with E-state index in [4.69, 9.17) is 0 Å². The zero-order valence-corrected chi connectivity index (χ0v) is 9.56. The van der Waals surface area contributed by atoms with Crippen LogP contribution in [-0.4, -0.2) is 41.9 Å². The number of nitrogens with one attached hydrogen (secondary N) is 1. The molecule has 1 aromatic carbocycles. The van der Waals surface area contributed by atoms with Crippen LogP contribution in [0.3, 0.4) is 0 Å². The fourth-order valence-electron chi connectivity index (χ4n) is 1.83. The predicted octanol–water partition coefficient (Wildman–Crippen LogP) is 0.779. The van der Waals surface area contributed by atoms with Crippen molar-refractivity contribution in [3.8, 4) is 0 Å². The number of nitro benzene ring substituents is 1.